The molecule has 2 heterocycles. The number of aromatic nitrogens is 3. The minimum absolute atomic E-state index is 0.434. The smallest absolute Gasteiger partial charge is 0.325 e. The van der Waals surface area contributed by atoms with Crippen molar-refractivity contribution in [3.63, 3.8) is 0 Å². The first-order chi connectivity index (χ1) is 8.16. The first-order valence-corrected chi connectivity index (χ1v) is 5.50. The van der Waals surface area contributed by atoms with E-state index < -0.39 is 12.0 Å². The van der Waals surface area contributed by atoms with Crippen LogP contribution in [0.15, 0.2) is 18.3 Å². The summed E-state index contributed by atoms with van der Waals surface area (Å²) >= 11 is 0. The van der Waals surface area contributed by atoms with Crippen molar-refractivity contribution in [2.24, 2.45) is 5.73 Å². The van der Waals surface area contributed by atoms with Crippen molar-refractivity contribution in [2.75, 3.05) is 0 Å². The van der Waals surface area contributed by atoms with Gasteiger partial charge in [-0.3, -0.25) is 4.79 Å². The van der Waals surface area contributed by atoms with Crippen LogP contribution < -0.4 is 5.73 Å². The van der Waals surface area contributed by atoms with Crippen molar-refractivity contribution in [1.82, 2.24) is 14.6 Å². The van der Waals surface area contributed by atoms with Gasteiger partial charge in [-0.05, 0) is 18.9 Å². The highest BCUT2D eigenvalue weighted by Crippen LogP contribution is 2.38. The maximum absolute atomic E-state index is 10.9. The van der Waals surface area contributed by atoms with Crippen LogP contribution in [0.5, 0.6) is 0 Å². The highest BCUT2D eigenvalue weighted by atomic mass is 16.4. The number of carbonyl (C=O) groups is 1. The molecule has 0 spiro atoms. The number of rotatable bonds is 3. The summed E-state index contributed by atoms with van der Waals surface area (Å²) in [5, 5.41) is 13.3. The second-order valence-corrected chi connectivity index (χ2v) is 4.29. The quantitative estimate of drug-likeness (QED) is 0.812. The van der Waals surface area contributed by atoms with Gasteiger partial charge >= 0.3 is 5.97 Å². The average molecular weight is 232 g/mol. The van der Waals surface area contributed by atoms with Crippen LogP contribution >= 0.6 is 0 Å². The van der Waals surface area contributed by atoms with Crippen LogP contribution in [0.1, 0.15) is 36.2 Å². The maximum Gasteiger partial charge on any atom is 0.325 e. The molecule has 1 aliphatic rings. The number of hydrogen-bond acceptors (Lipinski definition) is 4. The molecule has 2 aromatic heterocycles. The van der Waals surface area contributed by atoms with Crippen molar-refractivity contribution in [1.29, 1.82) is 0 Å². The van der Waals surface area contributed by atoms with E-state index in [4.69, 9.17) is 10.8 Å². The minimum Gasteiger partial charge on any atom is -0.480 e. The standard InChI is InChI=1S/C11H12N4O2/c12-8(11(16)17)7-2-1-5-15-10(7)13-9(14-15)6-3-4-6/h1-2,5-6,8H,3-4,12H2,(H,16,17). The first kappa shape index (κ1) is 10.2. The van der Waals surface area contributed by atoms with E-state index in [1.165, 1.54) is 0 Å². The fraction of sp³-hybridized carbons (Fsp3) is 0.364. The van der Waals surface area contributed by atoms with E-state index in [2.05, 4.69) is 10.1 Å². The SMILES string of the molecule is NC(C(=O)O)c1cccn2nc(C3CC3)nc12. The van der Waals surface area contributed by atoms with Crippen LogP contribution in [0, 0.1) is 0 Å². The lowest BCUT2D eigenvalue weighted by molar-refractivity contribution is -0.138. The number of carboxylic acid groups (broad SMARTS) is 1. The van der Waals surface area contributed by atoms with E-state index in [1.807, 2.05) is 0 Å². The molecule has 3 N–H and O–H groups in total. The van der Waals surface area contributed by atoms with Crippen molar-refractivity contribution in [3.05, 3.63) is 29.7 Å². The summed E-state index contributed by atoms with van der Waals surface area (Å²) in [6, 6.07) is 2.35. The van der Waals surface area contributed by atoms with Gasteiger partial charge in [0.25, 0.3) is 0 Å². The lowest BCUT2D eigenvalue weighted by atomic mass is 10.1. The topological polar surface area (TPSA) is 93.5 Å². The molecule has 6 nitrogen and oxygen atoms in total. The Labute approximate surface area is 97.1 Å². The Morgan fingerprint density at radius 3 is 3.00 bits per heavy atom. The summed E-state index contributed by atoms with van der Waals surface area (Å²) in [5.74, 6) is 0.160. The molecule has 0 amide bonds. The lowest BCUT2D eigenvalue weighted by Gasteiger charge is -2.06. The first-order valence-electron chi connectivity index (χ1n) is 5.50. The lowest BCUT2D eigenvalue weighted by Crippen LogP contribution is -2.21. The molecule has 88 valence electrons. The summed E-state index contributed by atoms with van der Waals surface area (Å²) in [5.41, 5.74) is 6.67. The molecule has 0 saturated heterocycles. The molecule has 6 heteroatoms. The van der Waals surface area contributed by atoms with Crippen LogP contribution in [0.2, 0.25) is 0 Å². The number of fused-ring (bicyclic) bond motifs is 1. The third kappa shape index (κ3) is 1.66. The number of nitrogens with two attached hydrogens (primary N) is 1. The molecule has 0 radical (unpaired) electrons. The highest BCUT2D eigenvalue weighted by molar-refractivity contribution is 5.78. The van der Waals surface area contributed by atoms with Gasteiger partial charge in [-0.2, -0.15) is 5.10 Å². The average Bonchev–Trinajstić information content (AvgIpc) is 3.07. The molecule has 2 aromatic rings. The second kappa shape index (κ2) is 3.53. The Morgan fingerprint density at radius 2 is 2.35 bits per heavy atom. The number of hydrogen-bond donors (Lipinski definition) is 2. The summed E-state index contributed by atoms with van der Waals surface area (Å²) in [6.45, 7) is 0. The Kier molecular flexibility index (Phi) is 2.12. The number of nitrogens with zero attached hydrogens (tertiary/aromatic N) is 3. The molecular weight excluding hydrogens is 220 g/mol. The van der Waals surface area contributed by atoms with Gasteiger partial charge in [0.05, 0.1) is 0 Å². The molecule has 3 rings (SSSR count). The van der Waals surface area contributed by atoms with Crippen LogP contribution in [0.3, 0.4) is 0 Å². The number of aliphatic carboxylic acids is 1. The maximum atomic E-state index is 10.9. The Morgan fingerprint density at radius 1 is 1.59 bits per heavy atom. The van der Waals surface area contributed by atoms with Crippen molar-refractivity contribution < 1.29 is 9.90 Å². The molecular formula is C11H12N4O2. The van der Waals surface area contributed by atoms with Crippen LogP contribution in [0.4, 0.5) is 0 Å². The minimum atomic E-state index is -1.06. The summed E-state index contributed by atoms with van der Waals surface area (Å²) in [4.78, 5) is 15.3. The Bertz CT molecular complexity index is 588. The van der Waals surface area contributed by atoms with E-state index in [9.17, 15) is 4.79 Å². The molecule has 0 aliphatic heterocycles. The Hall–Kier alpha value is -1.95. The van der Waals surface area contributed by atoms with E-state index >= 15 is 0 Å². The normalized spacial score (nSPS) is 17.2. The fourth-order valence-corrected chi connectivity index (χ4v) is 1.83. The van der Waals surface area contributed by atoms with Crippen LogP contribution in [-0.4, -0.2) is 25.7 Å². The van der Waals surface area contributed by atoms with Gasteiger partial charge in [0.15, 0.2) is 11.5 Å². The van der Waals surface area contributed by atoms with Gasteiger partial charge in [0.1, 0.15) is 6.04 Å². The summed E-state index contributed by atoms with van der Waals surface area (Å²) < 4.78 is 1.60. The highest BCUT2D eigenvalue weighted by Gasteiger charge is 2.29. The van der Waals surface area contributed by atoms with Gasteiger partial charge < -0.3 is 10.8 Å². The van der Waals surface area contributed by atoms with Gasteiger partial charge in [-0.1, -0.05) is 6.07 Å². The molecule has 1 aliphatic carbocycles. The second-order valence-electron chi connectivity index (χ2n) is 4.29. The molecule has 0 aromatic carbocycles. The largest absolute Gasteiger partial charge is 0.480 e. The number of carboxylic acids is 1. The zero-order chi connectivity index (χ0) is 12.0. The van der Waals surface area contributed by atoms with Crippen molar-refractivity contribution in [2.45, 2.75) is 24.8 Å². The van der Waals surface area contributed by atoms with Gasteiger partial charge in [0, 0.05) is 17.7 Å². The number of pyridine rings is 1. The molecule has 1 atom stereocenters. The summed E-state index contributed by atoms with van der Waals surface area (Å²) in [7, 11) is 0. The van der Waals surface area contributed by atoms with E-state index in [1.54, 1.807) is 22.8 Å². The zero-order valence-corrected chi connectivity index (χ0v) is 9.08. The van der Waals surface area contributed by atoms with Crippen molar-refractivity contribution in [3.8, 4) is 0 Å². The predicted octanol–water partition coefficient (Wildman–Crippen LogP) is 0.691. The van der Waals surface area contributed by atoms with E-state index in [0.29, 0.717) is 17.1 Å². The zero-order valence-electron chi connectivity index (χ0n) is 9.08. The van der Waals surface area contributed by atoms with Crippen molar-refractivity contribution >= 4 is 11.6 Å². The third-order valence-electron chi connectivity index (χ3n) is 2.95. The van der Waals surface area contributed by atoms with Crippen LogP contribution in [0.25, 0.3) is 5.65 Å². The predicted molar refractivity (Wildman–Crippen MR) is 59.5 cm³/mol. The van der Waals surface area contributed by atoms with Crippen LogP contribution in [-0.2, 0) is 4.79 Å². The third-order valence-corrected chi connectivity index (χ3v) is 2.95. The van der Waals surface area contributed by atoms with Gasteiger partial charge in [-0.15, -0.1) is 0 Å². The molecule has 1 unspecified atom stereocenters. The van der Waals surface area contributed by atoms with Gasteiger partial charge in [0.2, 0.25) is 0 Å². The van der Waals surface area contributed by atoms with Gasteiger partial charge in [-0.25, -0.2) is 9.50 Å². The molecule has 1 saturated carbocycles. The molecule has 0 bridgehead atoms. The molecule has 1 fully saturated rings. The fourth-order valence-electron chi connectivity index (χ4n) is 1.83. The monoisotopic (exact) mass is 232 g/mol. The summed E-state index contributed by atoms with van der Waals surface area (Å²) in [6.07, 6.45) is 3.97. The Balaban J connectivity index is 2.14. The van der Waals surface area contributed by atoms with E-state index in [0.717, 1.165) is 18.7 Å². The molecule has 17 heavy (non-hydrogen) atoms. The van der Waals surface area contributed by atoms with E-state index in [-0.39, 0.29) is 0 Å².